The van der Waals surface area contributed by atoms with Gasteiger partial charge < -0.3 is 15.0 Å². The number of ether oxygens (including phenoxy) is 1. The third-order valence-corrected chi connectivity index (χ3v) is 8.68. The lowest BCUT2D eigenvalue weighted by Gasteiger charge is -2.32. The van der Waals surface area contributed by atoms with E-state index in [1.165, 1.54) is 24.1 Å². The minimum atomic E-state index is -4.13. The molecule has 0 bridgehead atoms. The number of halogens is 1. The van der Waals surface area contributed by atoms with Crippen LogP contribution in [0.25, 0.3) is 0 Å². The van der Waals surface area contributed by atoms with Crippen LogP contribution in [0.1, 0.15) is 31.9 Å². The fourth-order valence-electron chi connectivity index (χ4n) is 3.94. The fraction of sp³-hybridized carbons (Fsp3) is 0.333. The molecule has 0 fully saturated rings. The zero-order valence-corrected chi connectivity index (χ0v) is 25.8. The van der Waals surface area contributed by atoms with Crippen molar-refractivity contribution in [1.82, 2.24) is 10.2 Å². The SMILES string of the molecule is COc1ccc(N(CC(=O)N(Cc2ccc(Br)cc2)[C@@H](C)C(=O)NCC(C)C)S(=O)(=O)c2ccc(C)cc2)cc1. The van der Waals surface area contributed by atoms with Crippen LogP contribution in [0, 0.1) is 12.8 Å². The topological polar surface area (TPSA) is 96.0 Å². The molecule has 0 radical (unpaired) electrons. The Morgan fingerprint density at radius 3 is 2.08 bits per heavy atom. The van der Waals surface area contributed by atoms with Crippen molar-refractivity contribution in [3.63, 3.8) is 0 Å². The Hall–Kier alpha value is -3.37. The molecule has 3 aromatic rings. The van der Waals surface area contributed by atoms with Gasteiger partial charge in [0.2, 0.25) is 11.8 Å². The first-order valence-corrected chi connectivity index (χ1v) is 15.2. The highest BCUT2D eigenvalue weighted by Crippen LogP contribution is 2.27. The summed E-state index contributed by atoms with van der Waals surface area (Å²) in [6.45, 7) is 7.58. The number of hydrogen-bond donors (Lipinski definition) is 1. The molecule has 0 unspecified atom stereocenters. The molecular formula is C30H36BrN3O5S. The Morgan fingerprint density at radius 1 is 0.925 bits per heavy atom. The maximum Gasteiger partial charge on any atom is 0.264 e. The van der Waals surface area contributed by atoms with Crippen LogP contribution in [0.4, 0.5) is 5.69 Å². The number of methoxy groups -OCH3 is 1. The predicted molar refractivity (Wildman–Crippen MR) is 161 cm³/mol. The fourth-order valence-corrected chi connectivity index (χ4v) is 5.61. The number of nitrogens with zero attached hydrogens (tertiary/aromatic N) is 2. The summed E-state index contributed by atoms with van der Waals surface area (Å²) in [5.74, 6) is -0.0368. The maximum absolute atomic E-state index is 13.9. The van der Waals surface area contributed by atoms with Crippen molar-refractivity contribution >= 4 is 43.5 Å². The number of benzene rings is 3. The molecule has 0 aliphatic carbocycles. The third kappa shape index (κ3) is 8.08. The first-order chi connectivity index (χ1) is 18.9. The highest BCUT2D eigenvalue weighted by Gasteiger charge is 2.32. The van der Waals surface area contributed by atoms with Gasteiger partial charge in [-0.25, -0.2) is 8.42 Å². The van der Waals surface area contributed by atoms with Crippen LogP contribution in [-0.4, -0.2) is 51.4 Å². The van der Waals surface area contributed by atoms with Crippen LogP contribution < -0.4 is 14.4 Å². The van der Waals surface area contributed by atoms with Gasteiger partial charge in [-0.1, -0.05) is 59.6 Å². The van der Waals surface area contributed by atoms with E-state index in [0.29, 0.717) is 18.0 Å². The van der Waals surface area contributed by atoms with Crippen molar-refractivity contribution in [2.45, 2.75) is 45.2 Å². The first kappa shape index (κ1) is 31.2. The Balaban J connectivity index is 2.01. The number of aryl methyl sites for hydroxylation is 1. The van der Waals surface area contributed by atoms with E-state index in [-0.39, 0.29) is 23.3 Å². The van der Waals surface area contributed by atoms with Crippen LogP contribution in [0.3, 0.4) is 0 Å². The van der Waals surface area contributed by atoms with Gasteiger partial charge in [-0.05, 0) is 73.9 Å². The summed E-state index contributed by atoms with van der Waals surface area (Å²) in [7, 11) is -2.61. The van der Waals surface area contributed by atoms with Gasteiger partial charge in [0.15, 0.2) is 0 Å². The Labute approximate surface area is 245 Å². The predicted octanol–water partition coefficient (Wildman–Crippen LogP) is 5.15. The number of carbonyl (C=O) groups is 2. The molecule has 0 spiro atoms. The Bertz CT molecular complexity index is 1390. The van der Waals surface area contributed by atoms with Gasteiger partial charge in [-0.3, -0.25) is 13.9 Å². The number of sulfonamides is 1. The van der Waals surface area contributed by atoms with Gasteiger partial charge in [-0.2, -0.15) is 0 Å². The first-order valence-electron chi connectivity index (χ1n) is 13.0. The van der Waals surface area contributed by atoms with E-state index >= 15 is 0 Å². The van der Waals surface area contributed by atoms with Crippen molar-refractivity contribution in [3.05, 3.63) is 88.4 Å². The van der Waals surface area contributed by atoms with Crippen LogP contribution in [-0.2, 0) is 26.2 Å². The van der Waals surface area contributed by atoms with Crippen LogP contribution >= 0.6 is 15.9 Å². The number of amides is 2. The van der Waals surface area contributed by atoms with Gasteiger partial charge in [0.05, 0.1) is 17.7 Å². The molecule has 0 heterocycles. The molecule has 0 saturated carbocycles. The van der Waals surface area contributed by atoms with E-state index in [0.717, 1.165) is 19.9 Å². The quantitative estimate of drug-likeness (QED) is 0.299. The van der Waals surface area contributed by atoms with E-state index in [4.69, 9.17) is 4.74 Å². The van der Waals surface area contributed by atoms with Crippen molar-refractivity contribution in [2.24, 2.45) is 5.92 Å². The number of carbonyl (C=O) groups excluding carboxylic acids is 2. The number of nitrogens with one attached hydrogen (secondary N) is 1. The summed E-state index contributed by atoms with van der Waals surface area (Å²) in [4.78, 5) is 28.5. The Kier molecular flexibility index (Phi) is 10.8. The zero-order valence-electron chi connectivity index (χ0n) is 23.4. The van der Waals surface area contributed by atoms with E-state index < -0.39 is 28.5 Å². The van der Waals surface area contributed by atoms with E-state index in [2.05, 4.69) is 21.2 Å². The van der Waals surface area contributed by atoms with Crippen molar-refractivity contribution in [3.8, 4) is 5.75 Å². The molecule has 0 aliphatic heterocycles. The highest BCUT2D eigenvalue weighted by atomic mass is 79.9. The average molecular weight is 631 g/mol. The molecule has 1 N–H and O–H groups in total. The lowest BCUT2D eigenvalue weighted by molar-refractivity contribution is -0.139. The van der Waals surface area contributed by atoms with Crippen LogP contribution in [0.15, 0.2) is 82.2 Å². The molecule has 2 amide bonds. The van der Waals surface area contributed by atoms with Crippen LogP contribution in [0.2, 0.25) is 0 Å². The smallest absolute Gasteiger partial charge is 0.264 e. The van der Waals surface area contributed by atoms with E-state index in [1.807, 2.05) is 45.0 Å². The third-order valence-electron chi connectivity index (χ3n) is 6.37. The average Bonchev–Trinajstić information content (AvgIpc) is 2.94. The zero-order chi connectivity index (χ0) is 29.4. The molecule has 1 atom stereocenters. The normalized spacial score (nSPS) is 12.1. The second kappa shape index (κ2) is 13.8. The molecule has 0 aromatic heterocycles. The maximum atomic E-state index is 13.9. The van der Waals surface area contributed by atoms with Gasteiger partial charge in [0, 0.05) is 17.6 Å². The van der Waals surface area contributed by atoms with Gasteiger partial charge in [-0.15, -0.1) is 0 Å². The van der Waals surface area contributed by atoms with Crippen LogP contribution in [0.5, 0.6) is 5.75 Å². The standard InChI is InChI=1S/C30H36BrN3O5S/c1-21(2)18-32-30(36)23(4)33(19-24-8-10-25(31)11-9-24)29(35)20-34(26-12-14-27(39-5)15-13-26)40(37,38)28-16-6-22(3)7-17-28/h6-17,21,23H,18-20H2,1-5H3,(H,32,36)/t23-/m0/s1. The molecule has 8 nitrogen and oxygen atoms in total. The van der Waals surface area contributed by atoms with Gasteiger partial charge in [0.25, 0.3) is 10.0 Å². The van der Waals surface area contributed by atoms with Crippen molar-refractivity contribution < 1.29 is 22.7 Å². The number of anilines is 1. The molecule has 0 aliphatic rings. The lowest BCUT2D eigenvalue weighted by Crippen LogP contribution is -2.51. The Morgan fingerprint density at radius 2 is 1.52 bits per heavy atom. The molecule has 214 valence electrons. The van der Waals surface area contributed by atoms with Gasteiger partial charge >= 0.3 is 0 Å². The summed E-state index contributed by atoms with van der Waals surface area (Å²) in [6.07, 6.45) is 0. The van der Waals surface area contributed by atoms with E-state index in [9.17, 15) is 18.0 Å². The molecule has 3 aromatic carbocycles. The summed E-state index contributed by atoms with van der Waals surface area (Å²) in [5, 5.41) is 2.89. The minimum Gasteiger partial charge on any atom is -0.497 e. The van der Waals surface area contributed by atoms with Crippen molar-refractivity contribution in [1.29, 1.82) is 0 Å². The molecule has 10 heteroatoms. The summed E-state index contributed by atoms with van der Waals surface area (Å²) in [6, 6.07) is 19.5. The second-order valence-electron chi connectivity index (χ2n) is 9.99. The van der Waals surface area contributed by atoms with Crippen molar-refractivity contribution in [2.75, 3.05) is 24.5 Å². The molecule has 3 rings (SSSR count). The summed E-state index contributed by atoms with van der Waals surface area (Å²) < 4.78 is 34.9. The molecule has 0 saturated heterocycles. The minimum absolute atomic E-state index is 0.0592. The molecular weight excluding hydrogens is 594 g/mol. The summed E-state index contributed by atoms with van der Waals surface area (Å²) in [5.41, 5.74) is 2.01. The monoisotopic (exact) mass is 629 g/mol. The summed E-state index contributed by atoms with van der Waals surface area (Å²) >= 11 is 3.42. The van der Waals surface area contributed by atoms with E-state index in [1.54, 1.807) is 43.3 Å². The molecule has 40 heavy (non-hydrogen) atoms. The second-order valence-corrected chi connectivity index (χ2v) is 12.8. The highest BCUT2D eigenvalue weighted by molar-refractivity contribution is 9.10. The lowest BCUT2D eigenvalue weighted by atomic mass is 10.1. The number of hydrogen-bond acceptors (Lipinski definition) is 5. The largest absolute Gasteiger partial charge is 0.497 e. The van der Waals surface area contributed by atoms with Gasteiger partial charge in [0.1, 0.15) is 18.3 Å². The number of rotatable bonds is 12.